The molecule has 80 valence electrons. The summed E-state index contributed by atoms with van der Waals surface area (Å²) in [6, 6.07) is 10.5. The van der Waals surface area contributed by atoms with Gasteiger partial charge in [0.1, 0.15) is 0 Å². The summed E-state index contributed by atoms with van der Waals surface area (Å²) < 4.78 is 1.59. The van der Waals surface area contributed by atoms with Crippen molar-refractivity contribution in [2.24, 2.45) is 0 Å². The molecule has 0 aliphatic rings. The molecule has 0 saturated heterocycles. The fraction of sp³-hybridized carbons (Fsp3) is 0.0833. The fourth-order valence-electron chi connectivity index (χ4n) is 1.33. The van der Waals surface area contributed by atoms with Crippen LogP contribution < -0.4 is 4.68 Å². The molecule has 1 aromatic carbocycles. The summed E-state index contributed by atoms with van der Waals surface area (Å²) in [4.78, 5) is 11.8. The topological polar surface area (TPSA) is 33.8 Å². The molecule has 3 nitrogen and oxygen atoms in total. The number of carbonyl (C=O) groups is 1. The number of carbonyl (C=O) groups excluding carboxylic acids is 1. The minimum Gasteiger partial charge on any atom is -0.287 e. The van der Waals surface area contributed by atoms with Gasteiger partial charge in [0.2, 0.25) is 12.3 Å². The van der Waals surface area contributed by atoms with Crippen molar-refractivity contribution in [1.82, 2.24) is 5.10 Å². The molecule has 0 aliphatic heterocycles. The lowest BCUT2D eigenvalue weighted by molar-refractivity contribution is -0.741. The standard InChI is InChI=1S/C12H10ClN2O/c13-11-5-3-10(4-6-11)12(16)9-15-8-2-1-7-14-15/h1-8H,9H2/q+1. The predicted molar refractivity (Wildman–Crippen MR) is 60.2 cm³/mol. The van der Waals surface area contributed by atoms with Gasteiger partial charge in [-0.1, -0.05) is 16.3 Å². The number of aromatic nitrogens is 2. The zero-order chi connectivity index (χ0) is 11.4. The van der Waals surface area contributed by atoms with E-state index in [0.29, 0.717) is 10.6 Å². The first-order valence-corrected chi connectivity index (χ1v) is 5.23. The van der Waals surface area contributed by atoms with Crippen LogP contribution in [0.1, 0.15) is 10.4 Å². The third-order valence-electron chi connectivity index (χ3n) is 2.14. The summed E-state index contributed by atoms with van der Waals surface area (Å²) in [5.41, 5.74) is 0.641. The van der Waals surface area contributed by atoms with E-state index in [1.54, 1.807) is 41.3 Å². The second kappa shape index (κ2) is 4.86. The van der Waals surface area contributed by atoms with Crippen LogP contribution in [0.2, 0.25) is 5.02 Å². The van der Waals surface area contributed by atoms with Crippen molar-refractivity contribution in [3.05, 3.63) is 59.4 Å². The van der Waals surface area contributed by atoms with Crippen LogP contribution in [0.25, 0.3) is 0 Å². The Hall–Kier alpha value is -1.74. The van der Waals surface area contributed by atoms with Gasteiger partial charge < -0.3 is 0 Å². The van der Waals surface area contributed by atoms with Crippen molar-refractivity contribution >= 4 is 17.4 Å². The Bertz CT molecular complexity index is 482. The maximum Gasteiger partial charge on any atom is 0.236 e. The molecule has 0 radical (unpaired) electrons. The van der Waals surface area contributed by atoms with Gasteiger partial charge in [-0.05, 0) is 35.4 Å². The molecule has 16 heavy (non-hydrogen) atoms. The van der Waals surface area contributed by atoms with Crippen LogP contribution in [0.5, 0.6) is 0 Å². The zero-order valence-electron chi connectivity index (χ0n) is 8.51. The minimum absolute atomic E-state index is 0.0142. The van der Waals surface area contributed by atoms with Gasteiger partial charge in [-0.2, -0.15) is 0 Å². The molecule has 0 bridgehead atoms. The van der Waals surface area contributed by atoms with Crippen LogP contribution in [0, 0.1) is 0 Å². The highest BCUT2D eigenvalue weighted by Crippen LogP contribution is 2.09. The third-order valence-corrected chi connectivity index (χ3v) is 2.39. The maximum absolute atomic E-state index is 11.8. The molecule has 0 N–H and O–H groups in total. The van der Waals surface area contributed by atoms with Crippen LogP contribution in [0.4, 0.5) is 0 Å². The molecule has 0 saturated carbocycles. The lowest BCUT2D eigenvalue weighted by Gasteiger charge is -1.96. The van der Waals surface area contributed by atoms with E-state index in [-0.39, 0.29) is 12.3 Å². The van der Waals surface area contributed by atoms with E-state index in [0.717, 1.165) is 0 Å². The maximum atomic E-state index is 11.8. The van der Waals surface area contributed by atoms with Gasteiger partial charge in [0, 0.05) is 16.7 Å². The van der Waals surface area contributed by atoms with E-state index in [9.17, 15) is 4.79 Å². The van der Waals surface area contributed by atoms with Gasteiger partial charge >= 0.3 is 0 Å². The van der Waals surface area contributed by atoms with Gasteiger partial charge in [0.15, 0.2) is 6.20 Å². The first-order valence-electron chi connectivity index (χ1n) is 4.85. The van der Waals surface area contributed by atoms with Crippen molar-refractivity contribution in [3.63, 3.8) is 0 Å². The SMILES string of the molecule is O=C(C[n+]1ccccn1)c1ccc(Cl)cc1. The average Bonchev–Trinajstić information content (AvgIpc) is 2.31. The fourth-order valence-corrected chi connectivity index (χ4v) is 1.46. The molecule has 2 rings (SSSR count). The van der Waals surface area contributed by atoms with E-state index in [4.69, 9.17) is 11.6 Å². The highest BCUT2D eigenvalue weighted by atomic mass is 35.5. The number of rotatable bonds is 3. The number of benzene rings is 1. The number of hydrogen-bond acceptors (Lipinski definition) is 2. The lowest BCUT2D eigenvalue weighted by atomic mass is 10.1. The molecule has 0 unspecified atom stereocenters. The molecule has 0 atom stereocenters. The van der Waals surface area contributed by atoms with E-state index < -0.39 is 0 Å². The Morgan fingerprint density at radius 2 is 2.00 bits per heavy atom. The van der Waals surface area contributed by atoms with E-state index in [1.165, 1.54) is 0 Å². The molecular weight excluding hydrogens is 224 g/mol. The van der Waals surface area contributed by atoms with Gasteiger partial charge in [-0.3, -0.25) is 4.79 Å². The van der Waals surface area contributed by atoms with Crippen molar-refractivity contribution in [1.29, 1.82) is 0 Å². The van der Waals surface area contributed by atoms with Crippen LogP contribution in [-0.4, -0.2) is 10.9 Å². The van der Waals surface area contributed by atoms with E-state index in [2.05, 4.69) is 5.10 Å². The first kappa shape index (κ1) is 10.8. The molecule has 4 heteroatoms. The van der Waals surface area contributed by atoms with Crippen LogP contribution in [-0.2, 0) is 6.54 Å². The summed E-state index contributed by atoms with van der Waals surface area (Å²) in [5.74, 6) is 0.0142. The van der Waals surface area contributed by atoms with Gasteiger partial charge in [-0.15, -0.1) is 0 Å². The Morgan fingerprint density at radius 1 is 1.25 bits per heavy atom. The zero-order valence-corrected chi connectivity index (χ0v) is 9.26. The average molecular weight is 234 g/mol. The number of ketones is 1. The van der Waals surface area contributed by atoms with Gasteiger partial charge in [-0.25, -0.2) is 0 Å². The number of Topliss-reactive ketones (excluding diaryl/α,β-unsaturated/α-hetero) is 1. The monoisotopic (exact) mass is 233 g/mol. The van der Waals surface area contributed by atoms with Crippen molar-refractivity contribution in [2.75, 3.05) is 0 Å². The van der Waals surface area contributed by atoms with Crippen LogP contribution in [0.15, 0.2) is 48.8 Å². The van der Waals surface area contributed by atoms with E-state index in [1.807, 2.05) is 12.1 Å². The smallest absolute Gasteiger partial charge is 0.236 e. The third kappa shape index (κ3) is 2.64. The number of hydrogen-bond donors (Lipinski definition) is 0. The predicted octanol–water partition coefficient (Wildman–Crippen LogP) is 1.91. The first-order chi connectivity index (χ1) is 7.75. The molecule has 1 aromatic heterocycles. The molecule has 0 spiro atoms. The van der Waals surface area contributed by atoms with Crippen molar-refractivity contribution in [2.45, 2.75) is 6.54 Å². The number of halogens is 1. The normalized spacial score (nSPS) is 10.1. The minimum atomic E-state index is 0.0142. The largest absolute Gasteiger partial charge is 0.287 e. The molecule has 0 amide bonds. The highest BCUT2D eigenvalue weighted by Gasteiger charge is 2.12. The highest BCUT2D eigenvalue weighted by molar-refractivity contribution is 6.30. The second-order valence-electron chi connectivity index (χ2n) is 3.33. The second-order valence-corrected chi connectivity index (χ2v) is 3.76. The Labute approximate surface area is 98.3 Å². The Morgan fingerprint density at radius 3 is 2.62 bits per heavy atom. The summed E-state index contributed by atoms with van der Waals surface area (Å²) in [7, 11) is 0. The molecule has 0 fully saturated rings. The van der Waals surface area contributed by atoms with Crippen molar-refractivity contribution < 1.29 is 9.48 Å². The number of nitrogens with zero attached hydrogens (tertiary/aromatic N) is 2. The van der Waals surface area contributed by atoms with Gasteiger partial charge in [0.05, 0.1) is 6.20 Å². The van der Waals surface area contributed by atoms with Crippen molar-refractivity contribution in [3.8, 4) is 0 Å². The summed E-state index contributed by atoms with van der Waals surface area (Å²) in [5, 5.41) is 4.66. The van der Waals surface area contributed by atoms with Crippen LogP contribution >= 0.6 is 11.6 Å². The quantitative estimate of drug-likeness (QED) is 0.600. The molecule has 2 aromatic rings. The summed E-state index contributed by atoms with van der Waals surface area (Å²) in [6.45, 7) is 0.239. The van der Waals surface area contributed by atoms with Gasteiger partial charge in [0.25, 0.3) is 0 Å². The summed E-state index contributed by atoms with van der Waals surface area (Å²) in [6.07, 6.45) is 3.41. The van der Waals surface area contributed by atoms with Crippen LogP contribution in [0.3, 0.4) is 0 Å². The Kier molecular flexibility index (Phi) is 3.27. The Balaban J connectivity index is 2.12. The van der Waals surface area contributed by atoms with E-state index >= 15 is 0 Å². The lowest BCUT2D eigenvalue weighted by Crippen LogP contribution is -2.40. The summed E-state index contributed by atoms with van der Waals surface area (Å²) >= 11 is 5.75. The molecule has 0 aliphatic carbocycles. The molecule has 1 heterocycles. The molecular formula is C12H10ClN2O+.